The number of hydrogen-bond donors (Lipinski definition) is 0. The maximum absolute atomic E-state index is 11.3. The van der Waals surface area contributed by atoms with Gasteiger partial charge >= 0.3 is 5.97 Å². The zero-order valence-electron chi connectivity index (χ0n) is 12.4. The molecular weight excluding hydrogens is 236 g/mol. The number of terminal acetylenes is 1. The summed E-state index contributed by atoms with van der Waals surface area (Å²) in [4.78, 5) is 11.3. The van der Waals surface area contributed by atoms with E-state index in [4.69, 9.17) is 11.2 Å². The van der Waals surface area contributed by atoms with Crippen LogP contribution in [0.1, 0.15) is 52.9 Å². The number of rotatable bonds is 9. The van der Waals surface area contributed by atoms with Crippen LogP contribution in [0.15, 0.2) is 23.8 Å². The molecule has 0 fully saturated rings. The van der Waals surface area contributed by atoms with Gasteiger partial charge in [0, 0.05) is 6.08 Å². The molecule has 0 aromatic carbocycles. The van der Waals surface area contributed by atoms with Crippen LogP contribution in [0.2, 0.25) is 0 Å². The zero-order chi connectivity index (χ0) is 14.5. The quantitative estimate of drug-likeness (QED) is 0.204. The molecule has 0 aromatic heterocycles. The van der Waals surface area contributed by atoms with Gasteiger partial charge in [-0.15, -0.1) is 6.42 Å². The second-order valence-electron chi connectivity index (χ2n) is 4.94. The summed E-state index contributed by atoms with van der Waals surface area (Å²) in [5.41, 5.74) is 0.891. The highest BCUT2D eigenvalue weighted by Crippen LogP contribution is 2.13. The minimum absolute atomic E-state index is 0.0286. The normalized spacial score (nSPS) is 13.3. The first-order valence-electron chi connectivity index (χ1n) is 7.05. The predicted octanol–water partition coefficient (Wildman–Crippen LogP) is 4.27. The summed E-state index contributed by atoms with van der Waals surface area (Å²) in [7, 11) is 0. The SMILES string of the molecule is C#CCOC(=O)C=C(C)C=CCC(C)CCCCC. The molecular formula is C17H26O2. The average molecular weight is 262 g/mol. The number of hydrogen-bond acceptors (Lipinski definition) is 2. The standard InChI is InChI=1S/C17H26O2/c1-5-7-8-10-15(3)11-9-12-16(4)14-17(18)19-13-6-2/h2,9,12,14-15H,5,7-8,10-11,13H2,1,3-4H3. The van der Waals surface area contributed by atoms with Gasteiger partial charge in [0.25, 0.3) is 0 Å². The number of unbranched alkanes of at least 4 members (excludes halogenated alkanes) is 2. The molecule has 0 amide bonds. The van der Waals surface area contributed by atoms with Crippen molar-refractivity contribution in [3.8, 4) is 12.3 Å². The van der Waals surface area contributed by atoms with Crippen molar-refractivity contribution in [3.05, 3.63) is 23.8 Å². The average Bonchev–Trinajstić information content (AvgIpc) is 2.36. The number of esters is 1. The lowest BCUT2D eigenvalue weighted by molar-refractivity contribution is -0.136. The summed E-state index contributed by atoms with van der Waals surface area (Å²) >= 11 is 0. The molecule has 0 aliphatic carbocycles. The van der Waals surface area contributed by atoms with Gasteiger partial charge in [-0.3, -0.25) is 0 Å². The van der Waals surface area contributed by atoms with Gasteiger partial charge in [-0.05, 0) is 24.8 Å². The van der Waals surface area contributed by atoms with Crippen molar-refractivity contribution in [2.75, 3.05) is 6.61 Å². The Labute approximate surface area is 117 Å². The Hall–Kier alpha value is -1.49. The Morgan fingerprint density at radius 1 is 1.42 bits per heavy atom. The highest BCUT2D eigenvalue weighted by molar-refractivity contribution is 5.83. The summed E-state index contributed by atoms with van der Waals surface area (Å²) in [6.45, 7) is 6.40. The van der Waals surface area contributed by atoms with Gasteiger partial charge in [-0.1, -0.05) is 57.6 Å². The molecule has 19 heavy (non-hydrogen) atoms. The van der Waals surface area contributed by atoms with Crippen LogP contribution in [-0.4, -0.2) is 12.6 Å². The molecule has 1 unspecified atom stereocenters. The molecule has 0 saturated heterocycles. The number of carbonyl (C=O) groups is 1. The van der Waals surface area contributed by atoms with E-state index in [0.717, 1.165) is 12.0 Å². The van der Waals surface area contributed by atoms with Crippen molar-refractivity contribution >= 4 is 5.97 Å². The Morgan fingerprint density at radius 2 is 2.16 bits per heavy atom. The molecule has 0 aromatic rings. The van der Waals surface area contributed by atoms with Crippen molar-refractivity contribution in [2.24, 2.45) is 5.92 Å². The lowest BCUT2D eigenvalue weighted by Crippen LogP contribution is -2.00. The highest BCUT2D eigenvalue weighted by Gasteiger charge is 1.99. The van der Waals surface area contributed by atoms with Crippen molar-refractivity contribution in [1.82, 2.24) is 0 Å². The monoisotopic (exact) mass is 262 g/mol. The third-order valence-electron chi connectivity index (χ3n) is 2.86. The molecule has 2 nitrogen and oxygen atoms in total. The third kappa shape index (κ3) is 11.3. The molecule has 0 aliphatic rings. The van der Waals surface area contributed by atoms with Crippen molar-refractivity contribution in [1.29, 1.82) is 0 Å². The first kappa shape index (κ1) is 17.5. The van der Waals surface area contributed by atoms with Gasteiger partial charge in [0.05, 0.1) is 0 Å². The van der Waals surface area contributed by atoms with Crippen LogP contribution in [0.25, 0.3) is 0 Å². The molecule has 0 N–H and O–H groups in total. The fourth-order valence-corrected chi connectivity index (χ4v) is 1.74. The van der Waals surface area contributed by atoms with Crippen LogP contribution in [0.4, 0.5) is 0 Å². The van der Waals surface area contributed by atoms with Gasteiger partial charge in [0.2, 0.25) is 0 Å². The first-order chi connectivity index (χ1) is 9.10. The molecule has 0 bridgehead atoms. The van der Waals surface area contributed by atoms with Gasteiger partial charge in [-0.2, -0.15) is 0 Å². The molecule has 0 heterocycles. The molecule has 2 heteroatoms. The van der Waals surface area contributed by atoms with Crippen molar-refractivity contribution in [3.63, 3.8) is 0 Å². The highest BCUT2D eigenvalue weighted by atomic mass is 16.5. The van der Waals surface area contributed by atoms with Gasteiger partial charge in [0.1, 0.15) is 0 Å². The van der Waals surface area contributed by atoms with Crippen molar-refractivity contribution in [2.45, 2.75) is 52.9 Å². The maximum Gasteiger partial charge on any atom is 0.331 e. The number of carbonyl (C=O) groups excluding carboxylic acids is 1. The minimum atomic E-state index is -0.379. The number of ether oxygens (including phenoxy) is 1. The second kappa shape index (κ2) is 11.6. The van der Waals surface area contributed by atoms with Crippen LogP contribution < -0.4 is 0 Å². The second-order valence-corrected chi connectivity index (χ2v) is 4.94. The molecule has 106 valence electrons. The predicted molar refractivity (Wildman–Crippen MR) is 80.6 cm³/mol. The van der Waals surface area contributed by atoms with E-state index in [9.17, 15) is 4.79 Å². The topological polar surface area (TPSA) is 26.3 Å². The molecule has 0 spiro atoms. The fraction of sp³-hybridized carbons (Fsp3) is 0.588. The van der Waals surface area contributed by atoms with E-state index in [2.05, 4.69) is 25.8 Å². The summed E-state index contributed by atoms with van der Waals surface area (Å²) < 4.78 is 4.77. The van der Waals surface area contributed by atoms with Crippen molar-refractivity contribution < 1.29 is 9.53 Å². The van der Waals surface area contributed by atoms with E-state index in [-0.39, 0.29) is 12.6 Å². The van der Waals surface area contributed by atoms with Crippen LogP contribution in [0.5, 0.6) is 0 Å². The van der Waals surface area contributed by atoms with Gasteiger partial charge < -0.3 is 4.74 Å². The number of allylic oxidation sites excluding steroid dienone is 3. The third-order valence-corrected chi connectivity index (χ3v) is 2.86. The molecule has 0 aliphatic heterocycles. The fourth-order valence-electron chi connectivity index (χ4n) is 1.74. The lowest BCUT2D eigenvalue weighted by Gasteiger charge is -2.07. The zero-order valence-corrected chi connectivity index (χ0v) is 12.4. The minimum Gasteiger partial charge on any atom is -0.449 e. The summed E-state index contributed by atoms with van der Waals surface area (Å²) in [6, 6.07) is 0. The largest absolute Gasteiger partial charge is 0.449 e. The Kier molecular flexibility index (Phi) is 10.7. The maximum atomic E-state index is 11.3. The van der Waals surface area contributed by atoms with Crippen LogP contribution in [-0.2, 0) is 9.53 Å². The van der Waals surface area contributed by atoms with Crippen LogP contribution in [0, 0.1) is 18.3 Å². The Morgan fingerprint density at radius 3 is 2.79 bits per heavy atom. The van der Waals surface area contributed by atoms with Crippen LogP contribution in [0.3, 0.4) is 0 Å². The smallest absolute Gasteiger partial charge is 0.331 e. The molecule has 0 saturated carbocycles. The van der Waals surface area contributed by atoms with E-state index in [1.807, 2.05) is 13.0 Å². The van der Waals surface area contributed by atoms with E-state index in [1.54, 1.807) is 0 Å². The summed E-state index contributed by atoms with van der Waals surface area (Å²) in [6.07, 6.45) is 16.8. The van der Waals surface area contributed by atoms with E-state index < -0.39 is 0 Å². The molecule has 0 radical (unpaired) electrons. The van der Waals surface area contributed by atoms with Crippen LogP contribution >= 0.6 is 0 Å². The van der Waals surface area contributed by atoms with Gasteiger partial charge in [0.15, 0.2) is 6.61 Å². The first-order valence-corrected chi connectivity index (χ1v) is 7.05. The van der Waals surface area contributed by atoms with Gasteiger partial charge in [-0.25, -0.2) is 4.79 Å². The van der Waals surface area contributed by atoms with E-state index in [1.165, 1.54) is 31.8 Å². The lowest BCUT2D eigenvalue weighted by atomic mass is 9.99. The Bertz CT molecular complexity index is 345. The molecule has 1 atom stereocenters. The van der Waals surface area contributed by atoms with E-state index >= 15 is 0 Å². The summed E-state index contributed by atoms with van der Waals surface area (Å²) in [5, 5.41) is 0. The van der Waals surface area contributed by atoms with E-state index in [0.29, 0.717) is 5.92 Å². The summed E-state index contributed by atoms with van der Waals surface area (Å²) in [5.74, 6) is 2.58. The Balaban J connectivity index is 3.94. The molecule has 0 rings (SSSR count).